The number of allylic oxidation sites excluding steroid dienone is 1. The number of hydrogen-bond donors (Lipinski definition) is 1. The van der Waals surface area contributed by atoms with Gasteiger partial charge in [-0.15, -0.1) is 0 Å². The predicted octanol–water partition coefficient (Wildman–Crippen LogP) is 6.03. The molecule has 0 radical (unpaired) electrons. The van der Waals surface area contributed by atoms with Crippen LogP contribution < -0.4 is 5.43 Å². The van der Waals surface area contributed by atoms with Crippen molar-refractivity contribution in [1.29, 1.82) is 0 Å². The minimum atomic E-state index is 0.0525. The molecular weight excluding hydrogens is 306 g/mol. The molecule has 0 aliphatic heterocycles. The Labute approximate surface area is 149 Å². The molecule has 0 aliphatic rings. The number of benzene rings is 2. The molecule has 1 N–H and O–H groups in total. The minimum absolute atomic E-state index is 0.0525. The second-order valence-electron chi connectivity index (χ2n) is 7.34. The maximum atomic E-state index is 12.6. The Morgan fingerprint density at radius 2 is 1.80 bits per heavy atom. The van der Waals surface area contributed by atoms with Gasteiger partial charge in [-0.05, 0) is 35.1 Å². The van der Waals surface area contributed by atoms with Crippen LogP contribution in [0.25, 0.3) is 28.2 Å². The largest absolute Gasteiger partial charge is 0.354 e. The molecule has 0 saturated heterocycles. The summed E-state index contributed by atoms with van der Waals surface area (Å²) in [5.41, 5.74) is 4.18. The Kier molecular flexibility index (Phi) is 4.89. The van der Waals surface area contributed by atoms with Gasteiger partial charge < -0.3 is 4.98 Å². The fourth-order valence-corrected chi connectivity index (χ4v) is 2.80. The van der Waals surface area contributed by atoms with Gasteiger partial charge in [0.15, 0.2) is 5.43 Å². The van der Waals surface area contributed by atoms with Crippen molar-refractivity contribution >= 4 is 17.0 Å². The van der Waals surface area contributed by atoms with Crippen LogP contribution in [0.2, 0.25) is 0 Å². The normalized spacial score (nSPS) is 12.1. The number of aromatic amines is 1. The Morgan fingerprint density at radius 1 is 1.04 bits per heavy atom. The van der Waals surface area contributed by atoms with Crippen molar-refractivity contribution in [1.82, 2.24) is 4.98 Å². The van der Waals surface area contributed by atoms with E-state index in [1.54, 1.807) is 6.07 Å². The van der Waals surface area contributed by atoms with Crippen molar-refractivity contribution in [3.8, 4) is 11.3 Å². The molecule has 0 unspecified atom stereocenters. The van der Waals surface area contributed by atoms with Crippen LogP contribution in [0.4, 0.5) is 0 Å². The topological polar surface area (TPSA) is 32.9 Å². The molecule has 2 aromatic carbocycles. The Morgan fingerprint density at radius 3 is 2.52 bits per heavy atom. The average molecular weight is 331 g/mol. The lowest BCUT2D eigenvalue weighted by atomic mass is 9.86. The van der Waals surface area contributed by atoms with E-state index in [-0.39, 0.29) is 5.43 Å². The van der Waals surface area contributed by atoms with Crippen molar-refractivity contribution < 1.29 is 0 Å². The molecule has 0 aliphatic carbocycles. The molecule has 128 valence electrons. The summed E-state index contributed by atoms with van der Waals surface area (Å²) in [6.45, 7) is 6.76. The first kappa shape index (κ1) is 17.2. The number of fused-ring (bicyclic) bond motifs is 1. The maximum absolute atomic E-state index is 12.6. The van der Waals surface area contributed by atoms with E-state index in [9.17, 15) is 4.79 Å². The molecule has 0 amide bonds. The van der Waals surface area contributed by atoms with Crippen LogP contribution in [0.3, 0.4) is 0 Å². The van der Waals surface area contributed by atoms with Crippen molar-refractivity contribution in [3.05, 3.63) is 76.5 Å². The van der Waals surface area contributed by atoms with Crippen molar-refractivity contribution in [3.63, 3.8) is 0 Å². The summed E-state index contributed by atoms with van der Waals surface area (Å²) in [6.07, 6.45) is 6.50. The van der Waals surface area contributed by atoms with Gasteiger partial charge in [0.2, 0.25) is 0 Å². The van der Waals surface area contributed by atoms with E-state index >= 15 is 0 Å². The summed E-state index contributed by atoms with van der Waals surface area (Å²) in [6, 6.07) is 17.6. The molecule has 0 atom stereocenters. The molecule has 3 aromatic rings. The maximum Gasteiger partial charge on any atom is 0.190 e. The summed E-state index contributed by atoms with van der Waals surface area (Å²) in [4.78, 5) is 15.9. The van der Waals surface area contributed by atoms with E-state index in [4.69, 9.17) is 0 Å². The van der Waals surface area contributed by atoms with Gasteiger partial charge in [0.1, 0.15) is 0 Å². The van der Waals surface area contributed by atoms with Gasteiger partial charge in [-0.2, -0.15) is 0 Å². The van der Waals surface area contributed by atoms with Crippen LogP contribution >= 0.6 is 0 Å². The second-order valence-corrected chi connectivity index (χ2v) is 7.34. The zero-order chi connectivity index (χ0) is 17.9. The van der Waals surface area contributed by atoms with Gasteiger partial charge in [-0.25, -0.2) is 0 Å². The third-order valence-corrected chi connectivity index (χ3v) is 4.88. The molecule has 2 nitrogen and oxygen atoms in total. The number of rotatable bonds is 5. The van der Waals surface area contributed by atoms with E-state index in [1.807, 2.05) is 42.5 Å². The number of aromatic nitrogens is 1. The molecule has 2 heteroatoms. The molecule has 0 spiro atoms. The van der Waals surface area contributed by atoms with E-state index in [1.165, 1.54) is 0 Å². The van der Waals surface area contributed by atoms with Crippen molar-refractivity contribution in [2.24, 2.45) is 5.41 Å². The number of hydrogen-bond acceptors (Lipinski definition) is 1. The second kappa shape index (κ2) is 7.10. The fraction of sp³-hybridized carbons (Fsp3) is 0.261. The van der Waals surface area contributed by atoms with Crippen LogP contribution in [-0.2, 0) is 0 Å². The van der Waals surface area contributed by atoms with Crippen LogP contribution in [0, 0.1) is 5.41 Å². The first-order valence-electron chi connectivity index (χ1n) is 8.87. The summed E-state index contributed by atoms with van der Waals surface area (Å²) < 4.78 is 0. The van der Waals surface area contributed by atoms with Crippen LogP contribution in [0.5, 0.6) is 0 Å². The highest BCUT2D eigenvalue weighted by atomic mass is 16.1. The molecule has 1 aromatic heterocycles. The van der Waals surface area contributed by atoms with Gasteiger partial charge in [0.05, 0.1) is 0 Å². The smallest absolute Gasteiger partial charge is 0.190 e. The third kappa shape index (κ3) is 4.08. The van der Waals surface area contributed by atoms with E-state index in [2.05, 4.69) is 44.0 Å². The fourth-order valence-electron chi connectivity index (χ4n) is 2.80. The van der Waals surface area contributed by atoms with Crippen LogP contribution in [0.1, 0.15) is 39.2 Å². The van der Waals surface area contributed by atoms with Crippen molar-refractivity contribution in [2.45, 2.75) is 33.6 Å². The first-order valence-corrected chi connectivity index (χ1v) is 8.87. The van der Waals surface area contributed by atoms with Gasteiger partial charge in [-0.3, -0.25) is 4.79 Å². The SMILES string of the molecule is CCC(C)(C)C/C=C/c1ccc2[nH]c(-c3ccccc3)cc(=O)c2c1. The predicted molar refractivity (Wildman–Crippen MR) is 108 cm³/mol. The lowest BCUT2D eigenvalue weighted by Crippen LogP contribution is -2.07. The highest BCUT2D eigenvalue weighted by Crippen LogP contribution is 2.25. The van der Waals surface area contributed by atoms with Crippen LogP contribution in [-0.4, -0.2) is 4.98 Å². The summed E-state index contributed by atoms with van der Waals surface area (Å²) in [7, 11) is 0. The summed E-state index contributed by atoms with van der Waals surface area (Å²) in [5, 5.41) is 0.733. The molecule has 0 fully saturated rings. The Hall–Kier alpha value is -2.61. The minimum Gasteiger partial charge on any atom is -0.354 e. The number of pyridine rings is 1. The Balaban J connectivity index is 1.93. The van der Waals surface area contributed by atoms with E-state index < -0.39 is 0 Å². The third-order valence-electron chi connectivity index (χ3n) is 4.88. The number of H-pyrrole nitrogens is 1. The quantitative estimate of drug-likeness (QED) is 0.608. The highest BCUT2D eigenvalue weighted by molar-refractivity contribution is 5.83. The molecular formula is C23H25NO. The van der Waals surface area contributed by atoms with Gasteiger partial charge >= 0.3 is 0 Å². The lowest BCUT2D eigenvalue weighted by molar-refractivity contribution is 0.357. The molecule has 1 heterocycles. The van der Waals surface area contributed by atoms with Gasteiger partial charge in [0, 0.05) is 22.7 Å². The Bertz CT molecular complexity index is 949. The standard InChI is InChI=1S/C23H25NO/c1-4-23(2,3)14-8-9-17-12-13-20-19(15-17)22(25)16-21(24-20)18-10-6-5-7-11-18/h5-13,15-16H,4,14H2,1-3H3,(H,24,25)/b9-8+. The van der Waals surface area contributed by atoms with E-state index in [0.717, 1.165) is 40.6 Å². The van der Waals surface area contributed by atoms with Crippen LogP contribution in [0.15, 0.2) is 65.5 Å². The number of nitrogens with one attached hydrogen (secondary N) is 1. The zero-order valence-corrected chi connectivity index (χ0v) is 15.2. The van der Waals surface area contributed by atoms with Gasteiger partial charge in [0.25, 0.3) is 0 Å². The molecule has 3 rings (SSSR count). The molecule has 0 bridgehead atoms. The summed E-state index contributed by atoms with van der Waals surface area (Å²) in [5.74, 6) is 0. The monoisotopic (exact) mass is 331 g/mol. The highest BCUT2D eigenvalue weighted by Gasteiger charge is 2.12. The van der Waals surface area contributed by atoms with E-state index in [0.29, 0.717) is 5.41 Å². The molecule has 25 heavy (non-hydrogen) atoms. The summed E-state index contributed by atoms with van der Waals surface area (Å²) >= 11 is 0. The zero-order valence-electron chi connectivity index (χ0n) is 15.2. The van der Waals surface area contributed by atoms with Crippen molar-refractivity contribution in [2.75, 3.05) is 0 Å². The lowest BCUT2D eigenvalue weighted by Gasteiger charge is -2.19. The molecule has 0 saturated carbocycles. The average Bonchev–Trinajstić information content (AvgIpc) is 2.62. The first-order chi connectivity index (χ1) is 12.0. The van der Waals surface area contributed by atoms with Gasteiger partial charge in [-0.1, -0.05) is 75.7 Å².